The molecule has 5 heteroatoms. The number of likely N-dealkylation sites (N-methyl/N-ethyl adjacent to an activating group) is 1. The molecule has 4 nitrogen and oxygen atoms in total. The zero-order valence-corrected chi connectivity index (χ0v) is 9.66. The van der Waals surface area contributed by atoms with Crippen LogP contribution in [0, 0.1) is 0 Å². The Kier molecular flexibility index (Phi) is 4.74. The number of hydrogen-bond acceptors (Lipinski definition) is 4. The molecule has 1 aromatic heterocycles. The summed E-state index contributed by atoms with van der Waals surface area (Å²) in [6.45, 7) is 0.518. The van der Waals surface area contributed by atoms with Gasteiger partial charge in [0.15, 0.2) is 0 Å². The number of aliphatic hydroxyl groups excluding tert-OH is 1. The van der Waals surface area contributed by atoms with Gasteiger partial charge in [-0.2, -0.15) is 11.3 Å². The highest BCUT2D eigenvalue weighted by atomic mass is 32.1. The van der Waals surface area contributed by atoms with Crippen LogP contribution in [0.2, 0.25) is 0 Å². The zero-order chi connectivity index (χ0) is 11.3. The number of ether oxygens (including phenoxy) is 1. The molecule has 1 N–H and O–H groups in total. The Morgan fingerprint density at radius 1 is 1.73 bits per heavy atom. The molecule has 0 fully saturated rings. The summed E-state index contributed by atoms with van der Waals surface area (Å²) in [5, 5.41) is 13.1. The Labute approximate surface area is 93.1 Å². The van der Waals surface area contributed by atoms with Gasteiger partial charge < -0.3 is 14.7 Å². The molecule has 15 heavy (non-hydrogen) atoms. The molecule has 1 atom stereocenters. The summed E-state index contributed by atoms with van der Waals surface area (Å²) < 4.78 is 4.79. The van der Waals surface area contributed by atoms with E-state index in [1.54, 1.807) is 18.5 Å². The molecular formula is C10H15NO3S. The number of hydrogen-bond donors (Lipinski definition) is 1. The van der Waals surface area contributed by atoms with Crippen molar-refractivity contribution < 1.29 is 14.6 Å². The lowest BCUT2D eigenvalue weighted by molar-refractivity contribution is 0.0380. The average molecular weight is 229 g/mol. The minimum absolute atomic E-state index is 0.0774. The monoisotopic (exact) mass is 229 g/mol. The van der Waals surface area contributed by atoms with E-state index in [9.17, 15) is 9.90 Å². The lowest BCUT2D eigenvalue weighted by atomic mass is 10.3. The highest BCUT2D eigenvalue weighted by molar-refractivity contribution is 7.08. The number of aliphatic hydroxyl groups is 1. The van der Waals surface area contributed by atoms with Gasteiger partial charge in [0.2, 0.25) is 0 Å². The molecule has 0 aliphatic carbocycles. The van der Waals surface area contributed by atoms with Crippen LogP contribution in [-0.2, 0) is 4.74 Å². The van der Waals surface area contributed by atoms with Gasteiger partial charge in [-0.1, -0.05) is 0 Å². The fraction of sp³-hybridized carbons (Fsp3) is 0.500. The van der Waals surface area contributed by atoms with Crippen LogP contribution >= 0.6 is 11.3 Å². The van der Waals surface area contributed by atoms with E-state index >= 15 is 0 Å². The van der Waals surface area contributed by atoms with Crippen molar-refractivity contribution in [2.45, 2.75) is 6.10 Å². The van der Waals surface area contributed by atoms with E-state index in [1.807, 2.05) is 5.38 Å². The normalized spacial score (nSPS) is 12.5. The van der Waals surface area contributed by atoms with Gasteiger partial charge in [0.1, 0.15) is 0 Å². The van der Waals surface area contributed by atoms with E-state index in [4.69, 9.17) is 4.74 Å². The number of methoxy groups -OCH3 is 1. The summed E-state index contributed by atoms with van der Waals surface area (Å²) >= 11 is 1.48. The van der Waals surface area contributed by atoms with Crippen molar-refractivity contribution in [3.63, 3.8) is 0 Å². The maximum absolute atomic E-state index is 11.7. The molecule has 0 saturated carbocycles. The van der Waals surface area contributed by atoms with E-state index in [1.165, 1.54) is 23.3 Å². The van der Waals surface area contributed by atoms with Gasteiger partial charge in [-0.25, -0.2) is 0 Å². The number of carbonyl (C=O) groups excluding carboxylic acids is 1. The van der Waals surface area contributed by atoms with Crippen molar-refractivity contribution in [3.05, 3.63) is 22.4 Å². The van der Waals surface area contributed by atoms with Gasteiger partial charge in [0, 0.05) is 26.1 Å². The maximum Gasteiger partial charge on any atom is 0.254 e. The Hall–Kier alpha value is -0.910. The molecule has 0 aromatic carbocycles. The van der Waals surface area contributed by atoms with E-state index in [0.717, 1.165) is 0 Å². The highest BCUT2D eigenvalue weighted by Crippen LogP contribution is 2.08. The molecule has 1 aromatic rings. The SMILES string of the molecule is COCC(O)CN(C)C(=O)c1ccsc1. The van der Waals surface area contributed by atoms with Crippen LogP contribution in [0.3, 0.4) is 0 Å². The third-order valence-corrected chi connectivity index (χ3v) is 2.64. The van der Waals surface area contributed by atoms with Crippen LogP contribution in [0.1, 0.15) is 10.4 Å². The first-order valence-electron chi connectivity index (χ1n) is 4.59. The Balaban J connectivity index is 2.47. The second-order valence-corrected chi connectivity index (χ2v) is 4.09. The predicted octanol–water partition coefficient (Wildman–Crippen LogP) is 0.827. The van der Waals surface area contributed by atoms with Crippen LogP contribution in [-0.4, -0.2) is 49.3 Å². The average Bonchev–Trinajstić information content (AvgIpc) is 2.69. The van der Waals surface area contributed by atoms with E-state index in [2.05, 4.69) is 0 Å². The summed E-state index contributed by atoms with van der Waals surface area (Å²) in [5.74, 6) is -0.0774. The predicted molar refractivity (Wildman–Crippen MR) is 59.2 cm³/mol. The minimum atomic E-state index is -0.636. The molecule has 1 rings (SSSR count). The Morgan fingerprint density at radius 2 is 2.47 bits per heavy atom. The molecule has 0 spiro atoms. The van der Waals surface area contributed by atoms with Crippen LogP contribution in [0.5, 0.6) is 0 Å². The Bertz CT molecular complexity index is 300. The van der Waals surface area contributed by atoms with Gasteiger partial charge in [-0.15, -0.1) is 0 Å². The second kappa shape index (κ2) is 5.85. The molecule has 0 radical (unpaired) electrons. The minimum Gasteiger partial charge on any atom is -0.389 e. The van der Waals surface area contributed by atoms with Crippen molar-refractivity contribution in [2.75, 3.05) is 27.3 Å². The molecule has 0 aliphatic rings. The number of nitrogens with zero attached hydrogens (tertiary/aromatic N) is 1. The van der Waals surface area contributed by atoms with Crippen LogP contribution in [0.4, 0.5) is 0 Å². The van der Waals surface area contributed by atoms with Gasteiger partial charge >= 0.3 is 0 Å². The lowest BCUT2D eigenvalue weighted by Gasteiger charge is -2.19. The maximum atomic E-state index is 11.7. The first kappa shape index (κ1) is 12.2. The Morgan fingerprint density at radius 3 is 3.00 bits per heavy atom. The molecule has 0 saturated heterocycles. The van der Waals surface area contributed by atoms with Crippen molar-refractivity contribution in [1.82, 2.24) is 4.90 Å². The third kappa shape index (κ3) is 3.62. The van der Waals surface area contributed by atoms with Gasteiger partial charge in [-0.05, 0) is 11.4 Å². The standard InChI is InChI=1S/C10H15NO3S/c1-11(5-9(12)6-14-2)10(13)8-3-4-15-7-8/h3-4,7,9,12H,5-6H2,1-2H3. The summed E-state index contributed by atoms with van der Waals surface area (Å²) in [6, 6.07) is 1.77. The number of rotatable bonds is 5. The fourth-order valence-electron chi connectivity index (χ4n) is 1.25. The molecule has 0 aliphatic heterocycles. The van der Waals surface area contributed by atoms with E-state index < -0.39 is 6.10 Å². The van der Waals surface area contributed by atoms with Crippen LogP contribution < -0.4 is 0 Å². The number of thiophene rings is 1. The summed E-state index contributed by atoms with van der Waals surface area (Å²) in [4.78, 5) is 13.2. The van der Waals surface area contributed by atoms with Crippen LogP contribution in [0.15, 0.2) is 16.8 Å². The first-order chi connectivity index (χ1) is 7.15. The molecular weight excluding hydrogens is 214 g/mol. The van der Waals surface area contributed by atoms with Crippen molar-refractivity contribution >= 4 is 17.2 Å². The highest BCUT2D eigenvalue weighted by Gasteiger charge is 2.15. The van der Waals surface area contributed by atoms with Crippen molar-refractivity contribution in [1.29, 1.82) is 0 Å². The van der Waals surface area contributed by atoms with Crippen LogP contribution in [0.25, 0.3) is 0 Å². The molecule has 0 bridgehead atoms. The van der Waals surface area contributed by atoms with Crippen molar-refractivity contribution in [3.8, 4) is 0 Å². The number of amides is 1. The summed E-state index contributed by atoms with van der Waals surface area (Å²) in [7, 11) is 3.18. The molecule has 84 valence electrons. The van der Waals surface area contributed by atoms with Gasteiger partial charge in [-0.3, -0.25) is 4.79 Å². The first-order valence-corrected chi connectivity index (χ1v) is 5.54. The second-order valence-electron chi connectivity index (χ2n) is 3.31. The lowest BCUT2D eigenvalue weighted by Crippen LogP contribution is -2.36. The smallest absolute Gasteiger partial charge is 0.254 e. The van der Waals surface area contributed by atoms with Gasteiger partial charge in [0.05, 0.1) is 18.3 Å². The fourth-order valence-corrected chi connectivity index (χ4v) is 1.88. The van der Waals surface area contributed by atoms with E-state index in [-0.39, 0.29) is 19.1 Å². The van der Waals surface area contributed by atoms with Gasteiger partial charge in [0.25, 0.3) is 5.91 Å². The largest absolute Gasteiger partial charge is 0.389 e. The molecule has 1 amide bonds. The third-order valence-electron chi connectivity index (χ3n) is 1.96. The van der Waals surface area contributed by atoms with E-state index in [0.29, 0.717) is 5.56 Å². The summed E-state index contributed by atoms with van der Waals surface area (Å²) in [5.41, 5.74) is 0.659. The zero-order valence-electron chi connectivity index (χ0n) is 8.84. The molecule has 1 unspecified atom stereocenters. The topological polar surface area (TPSA) is 49.8 Å². The number of carbonyl (C=O) groups is 1. The molecule has 1 heterocycles. The summed E-state index contributed by atoms with van der Waals surface area (Å²) in [6.07, 6.45) is -0.636. The van der Waals surface area contributed by atoms with Crippen molar-refractivity contribution in [2.24, 2.45) is 0 Å². The quantitative estimate of drug-likeness (QED) is 0.813.